The summed E-state index contributed by atoms with van der Waals surface area (Å²) in [6.45, 7) is 2.48. The van der Waals surface area contributed by atoms with Crippen LogP contribution in [0.15, 0.2) is 27.6 Å². The number of primary amides is 1. The van der Waals surface area contributed by atoms with Crippen molar-refractivity contribution in [1.29, 1.82) is 0 Å². The molecule has 120 valence electrons. The minimum absolute atomic E-state index is 0.0619. The number of likely N-dealkylation sites (tertiary alicyclic amines) is 1. The topological polar surface area (TPSA) is 63.4 Å². The van der Waals surface area contributed by atoms with E-state index in [-0.39, 0.29) is 23.8 Å². The monoisotopic (exact) mass is 384 g/mol. The number of nitrogens with two attached hydrogens (primary N) is 1. The molecule has 2 amide bonds. The zero-order chi connectivity index (χ0) is 16.3. The quantitative estimate of drug-likeness (QED) is 0.811. The SMILES string of the molecule is CSc1ccc(Br)cc1CC(=O)N1C[C@H](C(N)=O)CC[C@H]1C. The highest BCUT2D eigenvalue weighted by Crippen LogP contribution is 2.27. The van der Waals surface area contributed by atoms with Gasteiger partial charge in [0.15, 0.2) is 0 Å². The zero-order valence-electron chi connectivity index (χ0n) is 12.8. The van der Waals surface area contributed by atoms with Crippen LogP contribution in [0, 0.1) is 5.92 Å². The van der Waals surface area contributed by atoms with Gasteiger partial charge in [-0.3, -0.25) is 9.59 Å². The third-order valence-corrected chi connectivity index (χ3v) is 5.52. The first-order valence-electron chi connectivity index (χ1n) is 7.33. The molecule has 1 aliphatic rings. The van der Waals surface area contributed by atoms with E-state index in [1.54, 1.807) is 11.8 Å². The van der Waals surface area contributed by atoms with Crippen LogP contribution in [0.2, 0.25) is 0 Å². The number of halogens is 1. The van der Waals surface area contributed by atoms with E-state index in [0.29, 0.717) is 13.0 Å². The lowest BCUT2D eigenvalue weighted by molar-refractivity contribution is -0.137. The molecule has 4 nitrogen and oxygen atoms in total. The Bertz CT molecular complexity index is 579. The largest absolute Gasteiger partial charge is 0.369 e. The van der Waals surface area contributed by atoms with Gasteiger partial charge in [0.2, 0.25) is 11.8 Å². The van der Waals surface area contributed by atoms with Crippen molar-refractivity contribution in [3.8, 4) is 0 Å². The Hall–Kier alpha value is -1.01. The number of hydrogen-bond acceptors (Lipinski definition) is 3. The maximum Gasteiger partial charge on any atom is 0.227 e. The molecule has 0 radical (unpaired) electrons. The van der Waals surface area contributed by atoms with Gasteiger partial charge >= 0.3 is 0 Å². The van der Waals surface area contributed by atoms with Crippen molar-refractivity contribution in [2.45, 2.75) is 37.1 Å². The van der Waals surface area contributed by atoms with Gasteiger partial charge in [0, 0.05) is 22.0 Å². The molecule has 0 aliphatic carbocycles. The molecule has 0 spiro atoms. The van der Waals surface area contributed by atoms with Gasteiger partial charge in [-0.05, 0) is 49.8 Å². The molecule has 6 heteroatoms. The van der Waals surface area contributed by atoms with Crippen molar-refractivity contribution in [2.75, 3.05) is 12.8 Å². The average molecular weight is 385 g/mol. The summed E-state index contributed by atoms with van der Waals surface area (Å²) in [5.41, 5.74) is 6.42. The highest BCUT2D eigenvalue weighted by atomic mass is 79.9. The fourth-order valence-corrected chi connectivity index (χ4v) is 3.84. The first-order valence-corrected chi connectivity index (χ1v) is 9.35. The van der Waals surface area contributed by atoms with E-state index in [2.05, 4.69) is 15.9 Å². The summed E-state index contributed by atoms with van der Waals surface area (Å²) in [5, 5.41) is 0. The number of nitrogens with zero attached hydrogens (tertiary/aromatic N) is 1. The predicted octanol–water partition coefficient (Wildman–Crippen LogP) is 2.83. The summed E-state index contributed by atoms with van der Waals surface area (Å²) < 4.78 is 0.967. The highest BCUT2D eigenvalue weighted by molar-refractivity contribution is 9.10. The molecule has 2 N–H and O–H groups in total. The summed E-state index contributed by atoms with van der Waals surface area (Å²) >= 11 is 5.09. The molecule has 1 aromatic rings. The van der Waals surface area contributed by atoms with Crippen molar-refractivity contribution in [3.05, 3.63) is 28.2 Å². The van der Waals surface area contributed by atoms with Crippen LogP contribution < -0.4 is 5.73 Å². The standard InChI is InChI=1S/C16H21BrN2O2S/c1-10-3-4-11(16(18)21)9-19(10)15(20)8-12-7-13(17)5-6-14(12)22-2/h5-7,10-11H,3-4,8-9H2,1-2H3,(H2,18,21)/t10-,11-/m1/s1. The first kappa shape index (κ1) is 17.3. The predicted molar refractivity (Wildman–Crippen MR) is 92.7 cm³/mol. The molecular weight excluding hydrogens is 364 g/mol. The van der Waals surface area contributed by atoms with Crippen molar-refractivity contribution in [3.63, 3.8) is 0 Å². The molecule has 1 saturated heterocycles. The number of thioether (sulfide) groups is 1. The van der Waals surface area contributed by atoms with Crippen LogP contribution in [-0.2, 0) is 16.0 Å². The second-order valence-electron chi connectivity index (χ2n) is 5.70. The Morgan fingerprint density at radius 2 is 2.14 bits per heavy atom. The maximum atomic E-state index is 12.7. The number of piperidine rings is 1. The van der Waals surface area contributed by atoms with Gasteiger partial charge in [0.25, 0.3) is 0 Å². The Morgan fingerprint density at radius 1 is 1.41 bits per heavy atom. The number of amides is 2. The van der Waals surface area contributed by atoms with Crippen LogP contribution in [-0.4, -0.2) is 35.6 Å². The summed E-state index contributed by atoms with van der Waals surface area (Å²) in [7, 11) is 0. The van der Waals surface area contributed by atoms with Gasteiger partial charge in [-0.15, -0.1) is 11.8 Å². The minimum Gasteiger partial charge on any atom is -0.369 e. The second kappa shape index (κ2) is 7.51. The van der Waals surface area contributed by atoms with Gasteiger partial charge < -0.3 is 10.6 Å². The molecule has 2 rings (SSSR count). The van der Waals surface area contributed by atoms with Crippen LogP contribution >= 0.6 is 27.7 Å². The van der Waals surface area contributed by atoms with E-state index in [4.69, 9.17) is 5.73 Å². The van der Waals surface area contributed by atoms with Crippen LogP contribution in [0.5, 0.6) is 0 Å². The number of benzene rings is 1. The van der Waals surface area contributed by atoms with E-state index in [1.807, 2.05) is 36.3 Å². The van der Waals surface area contributed by atoms with Crippen molar-refractivity contribution in [1.82, 2.24) is 4.90 Å². The minimum atomic E-state index is -0.308. The van der Waals surface area contributed by atoms with Crippen LogP contribution in [0.1, 0.15) is 25.3 Å². The number of rotatable bonds is 4. The Labute approximate surface area is 143 Å². The molecule has 0 unspecified atom stereocenters. The Morgan fingerprint density at radius 3 is 2.77 bits per heavy atom. The zero-order valence-corrected chi connectivity index (χ0v) is 15.2. The maximum absolute atomic E-state index is 12.7. The lowest BCUT2D eigenvalue weighted by Gasteiger charge is -2.37. The number of hydrogen-bond donors (Lipinski definition) is 1. The van der Waals surface area contributed by atoms with Gasteiger partial charge in [0.05, 0.1) is 12.3 Å². The molecule has 1 heterocycles. The third kappa shape index (κ3) is 4.04. The van der Waals surface area contributed by atoms with E-state index in [1.165, 1.54) is 0 Å². The van der Waals surface area contributed by atoms with E-state index >= 15 is 0 Å². The van der Waals surface area contributed by atoms with Crippen molar-refractivity contribution < 1.29 is 9.59 Å². The molecule has 1 aliphatic heterocycles. The van der Waals surface area contributed by atoms with Crippen molar-refractivity contribution >= 4 is 39.5 Å². The summed E-state index contributed by atoms with van der Waals surface area (Å²) in [6.07, 6.45) is 3.95. The Kier molecular flexibility index (Phi) is 5.92. The van der Waals surface area contributed by atoms with E-state index < -0.39 is 0 Å². The molecule has 22 heavy (non-hydrogen) atoms. The lowest BCUT2D eigenvalue weighted by atomic mass is 9.92. The van der Waals surface area contributed by atoms with Gasteiger partial charge in [0.1, 0.15) is 0 Å². The summed E-state index contributed by atoms with van der Waals surface area (Å²) in [5.74, 6) is -0.466. The first-order chi connectivity index (χ1) is 10.4. The summed E-state index contributed by atoms with van der Waals surface area (Å²) in [6, 6.07) is 6.15. The molecule has 0 bridgehead atoms. The van der Waals surface area contributed by atoms with E-state index in [9.17, 15) is 9.59 Å². The number of carbonyl (C=O) groups is 2. The van der Waals surface area contributed by atoms with Crippen LogP contribution in [0.3, 0.4) is 0 Å². The van der Waals surface area contributed by atoms with Crippen molar-refractivity contribution in [2.24, 2.45) is 11.7 Å². The lowest BCUT2D eigenvalue weighted by Crippen LogP contribution is -2.49. The molecule has 2 atom stereocenters. The average Bonchev–Trinajstić information content (AvgIpc) is 2.47. The smallest absolute Gasteiger partial charge is 0.227 e. The second-order valence-corrected chi connectivity index (χ2v) is 7.47. The van der Waals surface area contributed by atoms with E-state index in [0.717, 1.165) is 27.8 Å². The molecule has 0 aromatic heterocycles. The fraction of sp³-hybridized carbons (Fsp3) is 0.500. The fourth-order valence-electron chi connectivity index (χ4n) is 2.84. The molecule has 1 aromatic carbocycles. The highest BCUT2D eigenvalue weighted by Gasteiger charge is 2.31. The van der Waals surface area contributed by atoms with Gasteiger partial charge in [-0.2, -0.15) is 0 Å². The molecule has 0 saturated carbocycles. The van der Waals surface area contributed by atoms with Gasteiger partial charge in [-0.1, -0.05) is 15.9 Å². The molecular formula is C16H21BrN2O2S. The van der Waals surface area contributed by atoms with Crippen LogP contribution in [0.25, 0.3) is 0 Å². The van der Waals surface area contributed by atoms with Gasteiger partial charge in [-0.25, -0.2) is 0 Å². The normalized spacial score (nSPS) is 21.7. The molecule has 1 fully saturated rings. The van der Waals surface area contributed by atoms with Crippen LogP contribution in [0.4, 0.5) is 0 Å². The third-order valence-electron chi connectivity index (χ3n) is 4.19. The number of carbonyl (C=O) groups excluding carboxylic acids is 2. The summed E-state index contributed by atoms with van der Waals surface area (Å²) in [4.78, 5) is 27.0. The Balaban J connectivity index is 2.14.